The summed E-state index contributed by atoms with van der Waals surface area (Å²) in [5.41, 5.74) is 0. The van der Waals surface area contributed by atoms with Crippen molar-refractivity contribution in [1.82, 2.24) is 5.06 Å². The maximum Gasteiger partial charge on any atom is 0.161 e. The largest absolute Gasteiger partial charge is 0.405 e. The average molecular weight is 262 g/mol. The van der Waals surface area contributed by atoms with Gasteiger partial charge in [0.05, 0.1) is 17.6 Å². The molecule has 0 aromatic heterocycles. The molecular weight excluding hydrogens is 253 g/mol. The predicted molar refractivity (Wildman–Crippen MR) is 52.3 cm³/mol. The number of hydroxylamine groups is 2. The van der Waals surface area contributed by atoms with Crippen molar-refractivity contribution in [3.05, 3.63) is 28.7 Å². The second-order valence-electron chi connectivity index (χ2n) is 3.08. The first-order chi connectivity index (χ1) is 6.79. The van der Waals surface area contributed by atoms with Gasteiger partial charge >= 0.3 is 0 Å². The summed E-state index contributed by atoms with van der Waals surface area (Å²) in [6, 6.07) is 7.51. The smallest absolute Gasteiger partial charge is 0.161 e. The summed E-state index contributed by atoms with van der Waals surface area (Å²) < 4.78 is 12.5. The molecule has 1 aromatic carbocycles. The maximum atomic E-state index is 11.6. The van der Waals surface area contributed by atoms with Crippen LogP contribution in [0.3, 0.4) is 0 Å². The van der Waals surface area contributed by atoms with Crippen molar-refractivity contribution in [1.29, 1.82) is 0 Å². The Kier molecular flexibility index (Phi) is 3.00. The van der Waals surface area contributed by atoms with Crippen LogP contribution in [0.5, 0.6) is 5.75 Å². The number of rotatable bonds is 3. The van der Waals surface area contributed by atoms with Gasteiger partial charge in [-0.05, 0) is 32.6 Å². The first kappa shape index (κ1) is 9.89. The average Bonchev–Trinajstić information content (AvgIpc) is 2.13. The van der Waals surface area contributed by atoms with E-state index in [0.29, 0.717) is 13.1 Å². The first-order valence-corrected chi connectivity index (χ1v) is 5.03. The van der Waals surface area contributed by atoms with Crippen LogP contribution in [0.15, 0.2) is 28.7 Å². The van der Waals surface area contributed by atoms with E-state index in [1.165, 1.54) is 0 Å². The van der Waals surface area contributed by atoms with Gasteiger partial charge in [-0.3, -0.25) is 0 Å². The van der Waals surface area contributed by atoms with E-state index in [1.54, 1.807) is 5.06 Å². The monoisotopic (exact) mass is 261 g/mol. The zero-order valence-corrected chi connectivity index (χ0v) is 8.91. The molecule has 1 fully saturated rings. The Morgan fingerprint density at radius 1 is 1.36 bits per heavy atom. The van der Waals surface area contributed by atoms with Crippen LogP contribution in [0.1, 0.15) is 0 Å². The van der Waals surface area contributed by atoms with E-state index in [0.717, 1.165) is 10.2 Å². The Morgan fingerprint density at radius 2 is 2.07 bits per heavy atom. The quantitative estimate of drug-likeness (QED) is 0.834. The van der Waals surface area contributed by atoms with Gasteiger partial charge in [-0.2, -0.15) is 4.94 Å². The topological polar surface area (TPSA) is 21.7 Å². The highest BCUT2D eigenvalue weighted by Crippen LogP contribution is 2.26. The Balaban J connectivity index is 1.90. The van der Waals surface area contributed by atoms with Crippen molar-refractivity contribution in [2.45, 2.75) is 6.10 Å². The summed E-state index contributed by atoms with van der Waals surface area (Å²) in [7, 11) is 0. The lowest BCUT2D eigenvalue weighted by Gasteiger charge is -2.34. The lowest BCUT2D eigenvalue weighted by atomic mass is 10.2. The number of hydrogen-bond acceptors (Lipinski definition) is 3. The normalized spacial score (nSPS) is 17.9. The molecule has 0 bridgehead atoms. The summed E-state index contributed by atoms with van der Waals surface area (Å²) in [6.07, 6.45) is -0.350. The Hall–Kier alpha value is -0.650. The molecule has 14 heavy (non-hydrogen) atoms. The molecular formula is C9H9BrFNO2. The van der Waals surface area contributed by atoms with E-state index < -0.39 is 0 Å². The van der Waals surface area contributed by atoms with Gasteiger partial charge in [-0.15, -0.1) is 5.06 Å². The molecule has 0 atom stereocenters. The SMILES string of the molecule is FOC1CN(Oc2ccccc2Br)C1. The number of hydrogen-bond donors (Lipinski definition) is 0. The summed E-state index contributed by atoms with van der Waals surface area (Å²) in [4.78, 5) is 9.10. The third kappa shape index (κ3) is 2.05. The molecule has 1 aliphatic heterocycles. The standard InChI is InChI=1S/C9H9BrFNO2/c10-8-3-1-2-4-9(8)14-12-5-7(6-12)13-11/h1-4,7H,5-6H2. The molecule has 0 amide bonds. The zero-order chi connectivity index (χ0) is 9.97. The van der Waals surface area contributed by atoms with Gasteiger partial charge in [0.15, 0.2) is 5.75 Å². The molecule has 0 N–H and O–H groups in total. The third-order valence-corrected chi connectivity index (χ3v) is 2.66. The number of nitrogens with zero attached hydrogens (tertiary/aromatic N) is 1. The Labute approximate surface area is 89.4 Å². The summed E-state index contributed by atoms with van der Waals surface area (Å²) in [6.45, 7) is 0.912. The van der Waals surface area contributed by atoms with Crippen LogP contribution in [-0.4, -0.2) is 24.3 Å². The van der Waals surface area contributed by atoms with Gasteiger partial charge in [0, 0.05) is 0 Å². The minimum Gasteiger partial charge on any atom is -0.405 e. The van der Waals surface area contributed by atoms with Crippen LogP contribution in [0, 0.1) is 0 Å². The van der Waals surface area contributed by atoms with E-state index in [2.05, 4.69) is 20.9 Å². The number of benzene rings is 1. The molecule has 1 aromatic rings. The van der Waals surface area contributed by atoms with Crippen LogP contribution in [0.4, 0.5) is 4.53 Å². The summed E-state index contributed by atoms with van der Waals surface area (Å²) in [5.74, 6) is 0.727. The Morgan fingerprint density at radius 3 is 2.71 bits per heavy atom. The first-order valence-electron chi connectivity index (χ1n) is 4.24. The third-order valence-electron chi connectivity index (χ3n) is 2.00. The minimum absolute atomic E-state index is 0.350. The molecule has 0 spiro atoms. The molecule has 0 radical (unpaired) electrons. The van der Waals surface area contributed by atoms with Crippen LogP contribution < -0.4 is 4.84 Å². The molecule has 1 aliphatic rings. The van der Waals surface area contributed by atoms with E-state index in [9.17, 15) is 4.53 Å². The van der Waals surface area contributed by atoms with E-state index in [-0.39, 0.29) is 6.10 Å². The van der Waals surface area contributed by atoms with Crippen molar-refractivity contribution in [2.24, 2.45) is 0 Å². The van der Waals surface area contributed by atoms with Crippen molar-refractivity contribution < 1.29 is 14.3 Å². The molecule has 76 valence electrons. The van der Waals surface area contributed by atoms with Crippen molar-refractivity contribution in [2.75, 3.05) is 13.1 Å². The van der Waals surface area contributed by atoms with Crippen LogP contribution >= 0.6 is 15.9 Å². The zero-order valence-electron chi connectivity index (χ0n) is 7.32. The number of halogens is 2. The van der Waals surface area contributed by atoms with Gasteiger partial charge in [0.1, 0.15) is 6.10 Å². The van der Waals surface area contributed by atoms with Crippen molar-refractivity contribution in [3.63, 3.8) is 0 Å². The maximum absolute atomic E-state index is 11.6. The summed E-state index contributed by atoms with van der Waals surface area (Å²) >= 11 is 3.35. The van der Waals surface area contributed by atoms with Gasteiger partial charge < -0.3 is 4.84 Å². The molecule has 5 heteroatoms. The molecule has 3 nitrogen and oxygen atoms in total. The second-order valence-corrected chi connectivity index (χ2v) is 3.93. The van der Waals surface area contributed by atoms with E-state index in [1.807, 2.05) is 24.3 Å². The highest BCUT2D eigenvalue weighted by Gasteiger charge is 2.30. The van der Waals surface area contributed by atoms with Crippen LogP contribution in [-0.2, 0) is 4.94 Å². The molecule has 0 aliphatic carbocycles. The van der Waals surface area contributed by atoms with E-state index >= 15 is 0 Å². The van der Waals surface area contributed by atoms with E-state index in [4.69, 9.17) is 4.84 Å². The van der Waals surface area contributed by atoms with Crippen LogP contribution in [0.2, 0.25) is 0 Å². The molecule has 2 rings (SSSR count). The Bertz CT molecular complexity index is 317. The van der Waals surface area contributed by atoms with Gasteiger partial charge in [0.25, 0.3) is 0 Å². The van der Waals surface area contributed by atoms with Gasteiger partial charge in [-0.1, -0.05) is 12.1 Å². The molecule has 0 unspecified atom stereocenters. The van der Waals surface area contributed by atoms with Crippen LogP contribution in [0.25, 0.3) is 0 Å². The molecule has 1 heterocycles. The number of para-hydroxylation sites is 1. The molecule has 1 saturated heterocycles. The fourth-order valence-corrected chi connectivity index (χ4v) is 1.55. The second kappa shape index (κ2) is 4.25. The highest BCUT2D eigenvalue weighted by molar-refractivity contribution is 9.10. The van der Waals surface area contributed by atoms with Crippen molar-refractivity contribution in [3.8, 4) is 5.75 Å². The minimum atomic E-state index is -0.350. The lowest BCUT2D eigenvalue weighted by molar-refractivity contribution is -0.266. The predicted octanol–water partition coefficient (Wildman–Crippen LogP) is 2.33. The highest BCUT2D eigenvalue weighted by atomic mass is 79.9. The van der Waals surface area contributed by atoms with Crippen molar-refractivity contribution >= 4 is 15.9 Å². The fourth-order valence-electron chi connectivity index (χ4n) is 1.19. The summed E-state index contributed by atoms with van der Waals surface area (Å²) in [5, 5.41) is 1.64. The fraction of sp³-hybridized carbons (Fsp3) is 0.333. The molecule has 0 saturated carbocycles. The van der Waals surface area contributed by atoms with Gasteiger partial charge in [-0.25, -0.2) is 0 Å². The van der Waals surface area contributed by atoms with Gasteiger partial charge in [0.2, 0.25) is 0 Å². The lowest BCUT2D eigenvalue weighted by Crippen LogP contribution is -2.52.